The summed E-state index contributed by atoms with van der Waals surface area (Å²) in [6.45, 7) is 6.44. The molecule has 164 valence electrons. The third-order valence-electron chi connectivity index (χ3n) is 5.96. The van der Waals surface area contributed by atoms with Crippen molar-refractivity contribution < 1.29 is 4.79 Å². The number of nitrogens with one attached hydrogen (secondary N) is 1. The van der Waals surface area contributed by atoms with Crippen LogP contribution in [0.3, 0.4) is 0 Å². The summed E-state index contributed by atoms with van der Waals surface area (Å²) in [5.74, 6) is -0.0672. The topological polar surface area (TPSA) is 68.9 Å². The first-order valence-corrected chi connectivity index (χ1v) is 10.8. The maximum absolute atomic E-state index is 13.2. The van der Waals surface area contributed by atoms with Gasteiger partial charge in [0, 0.05) is 31.0 Å². The lowest BCUT2D eigenvalue weighted by atomic mass is 10.0. The van der Waals surface area contributed by atoms with Crippen molar-refractivity contribution in [3.8, 4) is 5.69 Å². The van der Waals surface area contributed by atoms with Crippen LogP contribution >= 0.6 is 0 Å². The molecular weight excluding hydrogens is 400 g/mol. The van der Waals surface area contributed by atoms with Gasteiger partial charge in [0.25, 0.3) is 5.56 Å². The molecule has 0 aliphatic heterocycles. The van der Waals surface area contributed by atoms with E-state index in [0.717, 1.165) is 33.5 Å². The molecule has 0 atom stereocenters. The number of carbonyl (C=O) groups is 1. The Morgan fingerprint density at radius 1 is 1.00 bits per heavy atom. The number of fused-ring (bicyclic) bond motifs is 1. The second kappa shape index (κ2) is 8.83. The highest BCUT2D eigenvalue weighted by atomic mass is 16.1. The van der Waals surface area contributed by atoms with Gasteiger partial charge >= 0.3 is 0 Å². The molecule has 0 fully saturated rings. The van der Waals surface area contributed by atoms with Crippen molar-refractivity contribution in [2.75, 3.05) is 0 Å². The summed E-state index contributed by atoms with van der Waals surface area (Å²) in [6.07, 6.45) is 0.657. The van der Waals surface area contributed by atoms with E-state index in [9.17, 15) is 9.59 Å². The summed E-state index contributed by atoms with van der Waals surface area (Å²) in [5.41, 5.74) is 6.24. The highest BCUT2D eigenvalue weighted by Gasteiger charge is 2.20. The highest BCUT2D eigenvalue weighted by Crippen LogP contribution is 2.26. The van der Waals surface area contributed by atoms with Gasteiger partial charge in [-0.25, -0.2) is 4.68 Å². The second-order valence-corrected chi connectivity index (χ2v) is 8.26. The van der Waals surface area contributed by atoms with Crippen LogP contribution in [-0.4, -0.2) is 20.3 Å². The lowest BCUT2D eigenvalue weighted by Crippen LogP contribution is -2.27. The van der Waals surface area contributed by atoms with Crippen LogP contribution in [0.25, 0.3) is 16.7 Å². The van der Waals surface area contributed by atoms with Crippen LogP contribution in [0.15, 0.2) is 59.4 Å². The fourth-order valence-electron chi connectivity index (χ4n) is 4.16. The number of benzene rings is 2. The molecule has 2 aromatic carbocycles. The predicted octanol–water partition coefficient (Wildman–Crippen LogP) is 3.90. The Morgan fingerprint density at radius 2 is 1.69 bits per heavy atom. The van der Waals surface area contributed by atoms with E-state index in [2.05, 4.69) is 5.32 Å². The minimum atomic E-state index is -0.0841. The van der Waals surface area contributed by atoms with Crippen LogP contribution in [0.2, 0.25) is 0 Å². The number of aryl methyl sites for hydroxylation is 4. The number of pyridine rings is 1. The first kappa shape index (κ1) is 21.6. The first-order valence-electron chi connectivity index (χ1n) is 10.8. The largest absolute Gasteiger partial charge is 0.352 e. The molecule has 0 aliphatic rings. The lowest BCUT2D eigenvalue weighted by molar-refractivity contribution is -0.121. The fraction of sp³-hybridized carbons (Fsp3) is 0.269. The summed E-state index contributed by atoms with van der Waals surface area (Å²) in [4.78, 5) is 25.6. The number of nitrogens with zero attached hydrogens (tertiary/aromatic N) is 3. The SMILES string of the molecule is Cc1ccc(-n2nc(C)c3c(C)c(CCC(=O)NCc4ccccc4)c(=O)n(C)c32)cc1. The molecule has 2 heterocycles. The zero-order valence-electron chi connectivity index (χ0n) is 19.0. The quantitative estimate of drug-likeness (QED) is 0.506. The molecule has 0 radical (unpaired) electrons. The normalized spacial score (nSPS) is 11.1. The number of aromatic nitrogens is 3. The summed E-state index contributed by atoms with van der Waals surface area (Å²) in [6, 6.07) is 17.9. The van der Waals surface area contributed by atoms with Gasteiger partial charge in [-0.15, -0.1) is 0 Å². The Kier molecular flexibility index (Phi) is 5.95. The number of rotatable bonds is 6. The van der Waals surface area contributed by atoms with E-state index in [-0.39, 0.29) is 17.9 Å². The molecule has 6 nitrogen and oxygen atoms in total. The van der Waals surface area contributed by atoms with Crippen molar-refractivity contribution in [2.24, 2.45) is 7.05 Å². The summed E-state index contributed by atoms with van der Waals surface area (Å²) in [5, 5.41) is 8.63. The van der Waals surface area contributed by atoms with E-state index in [0.29, 0.717) is 18.5 Å². The van der Waals surface area contributed by atoms with Crippen LogP contribution in [-0.2, 0) is 24.8 Å². The average molecular weight is 429 g/mol. The molecule has 0 spiro atoms. The highest BCUT2D eigenvalue weighted by molar-refractivity contribution is 5.85. The zero-order chi connectivity index (χ0) is 22.8. The number of hydrogen-bond acceptors (Lipinski definition) is 3. The van der Waals surface area contributed by atoms with Crippen LogP contribution < -0.4 is 10.9 Å². The molecular formula is C26H28N4O2. The molecule has 0 aliphatic carbocycles. The molecule has 1 N–H and O–H groups in total. The van der Waals surface area contributed by atoms with E-state index >= 15 is 0 Å². The Labute approximate surface area is 187 Å². The molecule has 0 bridgehead atoms. The van der Waals surface area contributed by atoms with Crippen molar-refractivity contribution in [1.82, 2.24) is 19.7 Å². The van der Waals surface area contributed by atoms with Crippen LogP contribution in [0, 0.1) is 20.8 Å². The van der Waals surface area contributed by atoms with Gasteiger partial charge in [-0.2, -0.15) is 5.10 Å². The molecule has 4 aromatic rings. The zero-order valence-corrected chi connectivity index (χ0v) is 19.0. The Balaban J connectivity index is 1.62. The Bertz CT molecular complexity index is 1330. The first-order chi connectivity index (χ1) is 15.4. The molecule has 32 heavy (non-hydrogen) atoms. The van der Waals surface area contributed by atoms with E-state index in [4.69, 9.17) is 5.10 Å². The van der Waals surface area contributed by atoms with Gasteiger partial charge in [0.2, 0.25) is 5.91 Å². The monoisotopic (exact) mass is 428 g/mol. The Hall–Kier alpha value is -3.67. The van der Waals surface area contributed by atoms with Crippen LogP contribution in [0.5, 0.6) is 0 Å². The van der Waals surface area contributed by atoms with Gasteiger partial charge in [0.05, 0.1) is 11.4 Å². The smallest absolute Gasteiger partial charge is 0.255 e. The Morgan fingerprint density at radius 3 is 2.38 bits per heavy atom. The third-order valence-corrected chi connectivity index (χ3v) is 5.96. The van der Waals surface area contributed by atoms with Gasteiger partial charge in [-0.3, -0.25) is 14.2 Å². The van der Waals surface area contributed by atoms with Gasteiger partial charge in [-0.05, 0) is 50.5 Å². The molecule has 4 rings (SSSR count). The van der Waals surface area contributed by atoms with Crippen molar-refractivity contribution >= 4 is 16.9 Å². The third kappa shape index (κ3) is 4.08. The van der Waals surface area contributed by atoms with Crippen molar-refractivity contribution in [2.45, 2.75) is 40.2 Å². The summed E-state index contributed by atoms with van der Waals surface area (Å²) >= 11 is 0. The number of hydrogen-bond donors (Lipinski definition) is 1. The molecule has 0 unspecified atom stereocenters. The number of carbonyl (C=O) groups excluding carboxylic acids is 1. The van der Waals surface area contributed by atoms with E-state index in [1.807, 2.05) is 80.1 Å². The fourth-order valence-corrected chi connectivity index (χ4v) is 4.16. The van der Waals surface area contributed by atoms with E-state index in [1.54, 1.807) is 11.6 Å². The molecule has 0 saturated heterocycles. The van der Waals surface area contributed by atoms with E-state index < -0.39 is 0 Å². The van der Waals surface area contributed by atoms with Gasteiger partial charge < -0.3 is 5.32 Å². The van der Waals surface area contributed by atoms with Crippen LogP contribution in [0.1, 0.15) is 34.4 Å². The minimum absolute atomic E-state index is 0.0672. The molecule has 2 aromatic heterocycles. The van der Waals surface area contributed by atoms with Gasteiger partial charge in [0.1, 0.15) is 5.65 Å². The summed E-state index contributed by atoms with van der Waals surface area (Å²) < 4.78 is 3.48. The lowest BCUT2D eigenvalue weighted by Gasteiger charge is -2.13. The van der Waals surface area contributed by atoms with Crippen LogP contribution in [0.4, 0.5) is 0 Å². The minimum Gasteiger partial charge on any atom is -0.352 e. The summed E-state index contributed by atoms with van der Waals surface area (Å²) in [7, 11) is 1.77. The maximum atomic E-state index is 13.2. The number of amides is 1. The van der Waals surface area contributed by atoms with Crippen molar-refractivity contribution in [3.05, 3.63) is 92.9 Å². The van der Waals surface area contributed by atoms with E-state index in [1.165, 1.54) is 5.56 Å². The molecule has 0 saturated carbocycles. The van der Waals surface area contributed by atoms with Gasteiger partial charge in [0.15, 0.2) is 0 Å². The van der Waals surface area contributed by atoms with Crippen molar-refractivity contribution in [3.63, 3.8) is 0 Å². The van der Waals surface area contributed by atoms with Crippen molar-refractivity contribution in [1.29, 1.82) is 0 Å². The van der Waals surface area contributed by atoms with Gasteiger partial charge in [-0.1, -0.05) is 48.0 Å². The molecule has 6 heteroatoms. The predicted molar refractivity (Wildman–Crippen MR) is 127 cm³/mol. The standard InChI is InChI=1S/C26H28N4O2/c1-17-10-12-21(13-11-17)30-25-24(19(3)28-30)18(2)22(26(32)29(25)4)14-15-23(31)27-16-20-8-6-5-7-9-20/h5-13H,14-16H2,1-4H3,(H,27,31). The molecule has 1 amide bonds. The maximum Gasteiger partial charge on any atom is 0.255 e. The average Bonchev–Trinajstić information content (AvgIpc) is 3.14. The second-order valence-electron chi connectivity index (χ2n) is 8.26.